The van der Waals surface area contributed by atoms with E-state index in [9.17, 15) is 39.8 Å². The molecule has 1 aliphatic carbocycles. The normalized spacial score (nSPS) is 22.5. The van der Waals surface area contributed by atoms with Gasteiger partial charge in [0.1, 0.15) is 42.7 Å². The molecule has 1 fully saturated rings. The van der Waals surface area contributed by atoms with Crippen molar-refractivity contribution in [3.05, 3.63) is 24.3 Å². The summed E-state index contributed by atoms with van der Waals surface area (Å²) >= 11 is 0. The van der Waals surface area contributed by atoms with Gasteiger partial charge >= 0.3 is 13.8 Å². The maximum atomic E-state index is 12.8. The van der Waals surface area contributed by atoms with Crippen molar-refractivity contribution in [1.29, 1.82) is 0 Å². The van der Waals surface area contributed by atoms with Gasteiger partial charge in [-0.2, -0.15) is 0 Å². The fraction of sp³-hybridized carbons (Fsp3) is 0.894. The van der Waals surface area contributed by atoms with Gasteiger partial charge in [0.05, 0.1) is 13.2 Å². The number of hydrogen-bond acceptors (Lipinski definition) is 11. The van der Waals surface area contributed by atoms with Gasteiger partial charge in [0.25, 0.3) is 0 Å². The molecule has 1 saturated carbocycles. The first kappa shape index (κ1) is 56.8. The Morgan fingerprint density at radius 2 is 0.883 bits per heavy atom. The van der Waals surface area contributed by atoms with Crippen molar-refractivity contribution in [2.45, 2.75) is 249 Å². The Morgan fingerprint density at radius 3 is 1.32 bits per heavy atom. The van der Waals surface area contributed by atoms with Crippen molar-refractivity contribution < 1.29 is 58.3 Å². The Morgan fingerprint density at radius 1 is 0.517 bits per heavy atom. The van der Waals surface area contributed by atoms with Crippen LogP contribution >= 0.6 is 7.82 Å². The monoisotopic (exact) mass is 877 g/mol. The zero-order valence-corrected chi connectivity index (χ0v) is 38.7. The average molecular weight is 877 g/mol. The molecule has 60 heavy (non-hydrogen) atoms. The lowest BCUT2D eigenvalue weighted by molar-refractivity contribution is -0.220. The number of allylic oxidation sites excluding steroid dienone is 4. The molecule has 6 unspecified atom stereocenters. The molecule has 354 valence electrons. The van der Waals surface area contributed by atoms with Crippen molar-refractivity contribution in [3.8, 4) is 0 Å². The molecule has 0 amide bonds. The number of rotatable bonds is 41. The molecule has 1 aliphatic rings. The molecule has 0 aromatic rings. The Balaban J connectivity index is 2.39. The minimum atomic E-state index is -5.02. The van der Waals surface area contributed by atoms with Gasteiger partial charge in [-0.3, -0.25) is 13.8 Å². The van der Waals surface area contributed by atoms with Crippen LogP contribution < -0.4 is 0 Å². The van der Waals surface area contributed by atoms with E-state index in [1.807, 2.05) is 0 Å². The molecular weight excluding hydrogens is 787 g/mol. The third-order valence-corrected chi connectivity index (χ3v) is 12.3. The van der Waals surface area contributed by atoms with Crippen LogP contribution in [0.1, 0.15) is 206 Å². The highest BCUT2D eigenvalue weighted by atomic mass is 31.2. The molecule has 0 aliphatic heterocycles. The van der Waals surface area contributed by atoms with Crippen LogP contribution in [0.2, 0.25) is 0 Å². The van der Waals surface area contributed by atoms with Crippen LogP contribution in [0.25, 0.3) is 0 Å². The maximum absolute atomic E-state index is 12.8. The second-order valence-corrected chi connectivity index (χ2v) is 18.4. The summed E-state index contributed by atoms with van der Waals surface area (Å²) in [5.41, 5.74) is 0. The summed E-state index contributed by atoms with van der Waals surface area (Å²) in [6.45, 7) is 4.25. The summed E-state index contributed by atoms with van der Waals surface area (Å²) in [4.78, 5) is 23.2. The van der Waals surface area contributed by atoms with Crippen LogP contribution in [0.3, 0.4) is 0 Å². The van der Waals surface area contributed by atoms with Gasteiger partial charge in [-0.15, -0.1) is 0 Å². The van der Waals surface area contributed by atoms with E-state index in [0.717, 1.165) is 70.6 Å². The van der Waals surface area contributed by atoms with Crippen molar-refractivity contribution in [3.63, 3.8) is 0 Å². The largest absolute Gasteiger partial charge is 0.472 e. The van der Waals surface area contributed by atoms with E-state index < -0.39 is 63.1 Å². The molecule has 0 aromatic heterocycles. The fourth-order valence-corrected chi connectivity index (χ4v) is 8.38. The van der Waals surface area contributed by atoms with Gasteiger partial charge in [0.15, 0.2) is 0 Å². The predicted molar refractivity (Wildman–Crippen MR) is 240 cm³/mol. The van der Waals surface area contributed by atoms with E-state index in [-0.39, 0.29) is 13.0 Å². The molecule has 6 N–H and O–H groups in total. The number of carbonyl (C=O) groups is 1. The Labute approximate surface area is 364 Å². The summed E-state index contributed by atoms with van der Waals surface area (Å²) in [7, 11) is -5.02. The molecule has 0 heterocycles. The molecule has 12 nitrogen and oxygen atoms in total. The van der Waals surface area contributed by atoms with Gasteiger partial charge in [-0.05, 0) is 64.2 Å². The molecule has 1 rings (SSSR count). The second kappa shape index (κ2) is 38.3. The average Bonchev–Trinajstić information content (AvgIpc) is 3.23. The van der Waals surface area contributed by atoms with E-state index in [4.69, 9.17) is 18.5 Å². The zero-order chi connectivity index (χ0) is 44.1. The van der Waals surface area contributed by atoms with Crippen molar-refractivity contribution in [2.75, 3.05) is 19.8 Å². The number of phosphoric acid groups is 1. The summed E-state index contributed by atoms with van der Waals surface area (Å²) in [6.07, 6.45) is 31.0. The lowest BCUT2D eigenvalue weighted by Gasteiger charge is -2.41. The highest BCUT2D eigenvalue weighted by Gasteiger charge is 2.51. The van der Waals surface area contributed by atoms with E-state index >= 15 is 0 Å². The number of unbranched alkanes of at least 4 members (excludes halogenated alkanes) is 25. The number of aliphatic hydroxyl groups excluding tert-OH is 5. The highest BCUT2D eigenvalue weighted by molar-refractivity contribution is 7.47. The molecule has 6 atom stereocenters. The second-order valence-electron chi connectivity index (χ2n) is 17.0. The highest BCUT2D eigenvalue weighted by Crippen LogP contribution is 2.47. The van der Waals surface area contributed by atoms with Gasteiger partial charge < -0.3 is 39.9 Å². The molecule has 0 bridgehead atoms. The molecule has 0 spiro atoms. The minimum Gasteiger partial charge on any atom is -0.457 e. The quantitative estimate of drug-likeness (QED) is 0.0148. The zero-order valence-electron chi connectivity index (χ0n) is 37.8. The summed E-state index contributed by atoms with van der Waals surface area (Å²) < 4.78 is 34.2. The SMILES string of the molecule is CCCCCCCCC/C=C\CCCCCCCCOCC(COP(=O)(O)OC1C(O)C(O)C(O)C(O)C1O)OC(=O)CCCCCCC/C=C\CCCCCCCCC. The maximum Gasteiger partial charge on any atom is 0.472 e. The van der Waals surface area contributed by atoms with E-state index in [1.165, 1.54) is 109 Å². The van der Waals surface area contributed by atoms with Crippen molar-refractivity contribution >= 4 is 13.8 Å². The summed E-state index contributed by atoms with van der Waals surface area (Å²) in [5.74, 6) is -0.486. The van der Waals surface area contributed by atoms with Crippen LogP contribution in [-0.4, -0.2) is 98.9 Å². The number of carbonyl (C=O) groups excluding carboxylic acids is 1. The minimum absolute atomic E-state index is 0.0816. The van der Waals surface area contributed by atoms with Gasteiger partial charge in [0, 0.05) is 13.0 Å². The number of aliphatic hydroxyl groups is 5. The first-order valence-corrected chi connectivity index (χ1v) is 25.7. The van der Waals surface area contributed by atoms with E-state index in [1.54, 1.807) is 0 Å². The van der Waals surface area contributed by atoms with Crippen LogP contribution in [0.4, 0.5) is 0 Å². The van der Waals surface area contributed by atoms with Gasteiger partial charge in [0.2, 0.25) is 0 Å². The molecule has 13 heteroatoms. The third kappa shape index (κ3) is 30.0. The number of ether oxygens (including phenoxy) is 2. The molecule has 0 radical (unpaired) electrons. The standard InChI is InChI=1S/C47H89O12P/c1-3-5-7-9-11-13-15-17-19-21-23-25-27-29-31-33-35-37-56-38-40(39-57-60(54,55)59-47-45(52)43(50)42(49)44(51)46(47)53)58-41(48)36-34-32-30-28-26-24-22-20-18-16-14-12-10-8-6-4-2/h19-22,40,42-47,49-53H,3-18,23-39H2,1-2H3,(H,54,55)/b21-19-,22-20-. The third-order valence-electron chi connectivity index (χ3n) is 11.3. The van der Waals surface area contributed by atoms with Gasteiger partial charge in [-0.1, -0.05) is 160 Å². The van der Waals surface area contributed by atoms with Crippen LogP contribution in [-0.2, 0) is 27.9 Å². The fourth-order valence-electron chi connectivity index (χ4n) is 7.40. The van der Waals surface area contributed by atoms with Crippen LogP contribution in [0, 0.1) is 0 Å². The van der Waals surface area contributed by atoms with Crippen LogP contribution in [0.15, 0.2) is 24.3 Å². The number of phosphoric ester groups is 1. The molecule has 0 aromatic carbocycles. The Kier molecular flexibility index (Phi) is 36.3. The summed E-state index contributed by atoms with van der Waals surface area (Å²) in [5, 5.41) is 50.2. The van der Waals surface area contributed by atoms with Gasteiger partial charge in [-0.25, -0.2) is 4.57 Å². The van der Waals surface area contributed by atoms with Crippen LogP contribution in [0.5, 0.6) is 0 Å². The van der Waals surface area contributed by atoms with E-state index in [2.05, 4.69) is 38.2 Å². The Hall–Kier alpha value is -1.18. The van der Waals surface area contributed by atoms with E-state index in [0.29, 0.717) is 13.0 Å². The lowest BCUT2D eigenvalue weighted by Crippen LogP contribution is -2.64. The van der Waals surface area contributed by atoms with Crippen molar-refractivity contribution in [1.82, 2.24) is 0 Å². The predicted octanol–water partition coefficient (Wildman–Crippen LogP) is 10.1. The topological polar surface area (TPSA) is 192 Å². The smallest absolute Gasteiger partial charge is 0.457 e. The number of esters is 1. The van der Waals surface area contributed by atoms with Crippen molar-refractivity contribution in [2.24, 2.45) is 0 Å². The number of hydrogen-bond donors (Lipinski definition) is 6. The first-order chi connectivity index (χ1) is 29.0. The Bertz CT molecular complexity index is 1090. The first-order valence-electron chi connectivity index (χ1n) is 24.2. The summed E-state index contributed by atoms with van der Waals surface area (Å²) in [6, 6.07) is 0. The molecular formula is C47H89O12P. The molecule has 0 saturated heterocycles. The lowest BCUT2D eigenvalue weighted by atomic mass is 9.85.